The summed E-state index contributed by atoms with van der Waals surface area (Å²) in [6.07, 6.45) is 0. The predicted octanol–water partition coefficient (Wildman–Crippen LogP) is 3.23. The summed E-state index contributed by atoms with van der Waals surface area (Å²) in [7, 11) is 0. The van der Waals surface area contributed by atoms with Gasteiger partial charge in [0.2, 0.25) is 5.71 Å². The van der Waals surface area contributed by atoms with Crippen LogP contribution in [0.4, 0.5) is 5.69 Å². The molecular formula is C18H13N3O2. The quantitative estimate of drug-likeness (QED) is 0.617. The van der Waals surface area contributed by atoms with E-state index in [1.807, 2.05) is 60.7 Å². The Morgan fingerprint density at radius 1 is 0.957 bits per heavy atom. The highest BCUT2D eigenvalue weighted by Gasteiger charge is 2.17. The van der Waals surface area contributed by atoms with Gasteiger partial charge in [0.25, 0.3) is 0 Å². The van der Waals surface area contributed by atoms with Gasteiger partial charge in [-0.25, -0.2) is 4.79 Å². The fraction of sp³-hybridized carbons (Fsp3) is 0. The number of nitrogens with zero attached hydrogens (tertiary/aromatic N) is 2. The SMILES string of the molecule is Nc1cc2c(-c3ccccc3)nn(-c3ccccc3)c2oc1=O. The van der Waals surface area contributed by atoms with E-state index in [0.29, 0.717) is 11.1 Å². The van der Waals surface area contributed by atoms with Crippen LogP contribution < -0.4 is 11.4 Å². The molecule has 0 aliphatic rings. The van der Waals surface area contributed by atoms with E-state index in [-0.39, 0.29) is 5.69 Å². The molecule has 4 aromatic rings. The molecule has 0 spiro atoms. The van der Waals surface area contributed by atoms with Crippen molar-refractivity contribution in [2.45, 2.75) is 0 Å². The topological polar surface area (TPSA) is 74.0 Å². The van der Waals surface area contributed by atoms with Crippen molar-refractivity contribution >= 4 is 16.8 Å². The number of benzene rings is 2. The number of rotatable bonds is 2. The molecule has 2 aromatic carbocycles. The molecule has 23 heavy (non-hydrogen) atoms. The molecule has 5 heteroatoms. The first-order chi connectivity index (χ1) is 11.2. The van der Waals surface area contributed by atoms with E-state index in [0.717, 1.165) is 16.9 Å². The molecule has 5 nitrogen and oxygen atoms in total. The maximum atomic E-state index is 11.8. The highest BCUT2D eigenvalue weighted by Crippen LogP contribution is 2.29. The zero-order chi connectivity index (χ0) is 15.8. The summed E-state index contributed by atoms with van der Waals surface area (Å²) in [4.78, 5) is 11.8. The van der Waals surface area contributed by atoms with Gasteiger partial charge in [0.05, 0.1) is 11.1 Å². The van der Waals surface area contributed by atoms with Crippen molar-refractivity contribution in [3.8, 4) is 16.9 Å². The molecule has 0 saturated carbocycles. The Morgan fingerprint density at radius 2 is 1.61 bits per heavy atom. The summed E-state index contributed by atoms with van der Waals surface area (Å²) in [5.74, 6) is 0. The second-order valence-electron chi connectivity index (χ2n) is 5.17. The van der Waals surface area contributed by atoms with Crippen LogP contribution in [0.3, 0.4) is 0 Å². The van der Waals surface area contributed by atoms with E-state index in [4.69, 9.17) is 10.2 Å². The Hall–Kier alpha value is -3.34. The van der Waals surface area contributed by atoms with E-state index in [1.165, 1.54) is 0 Å². The normalized spacial score (nSPS) is 11.0. The number of nitrogens with two attached hydrogens (primary N) is 1. The number of anilines is 1. The van der Waals surface area contributed by atoms with Crippen LogP contribution in [0, 0.1) is 0 Å². The van der Waals surface area contributed by atoms with Crippen LogP contribution >= 0.6 is 0 Å². The van der Waals surface area contributed by atoms with Crippen LogP contribution in [-0.2, 0) is 0 Å². The molecule has 0 bridgehead atoms. The maximum absolute atomic E-state index is 11.8. The van der Waals surface area contributed by atoms with Crippen LogP contribution in [0.1, 0.15) is 0 Å². The molecule has 0 unspecified atom stereocenters. The Labute approximate surface area is 131 Å². The lowest BCUT2D eigenvalue weighted by Gasteiger charge is -2.01. The average molecular weight is 303 g/mol. The van der Waals surface area contributed by atoms with Crippen molar-refractivity contribution in [3.05, 3.63) is 77.2 Å². The Balaban J connectivity index is 2.09. The van der Waals surface area contributed by atoms with Gasteiger partial charge < -0.3 is 10.2 Å². The van der Waals surface area contributed by atoms with Gasteiger partial charge in [-0.3, -0.25) is 0 Å². The van der Waals surface area contributed by atoms with Crippen molar-refractivity contribution in [2.75, 3.05) is 5.73 Å². The number of hydrogen-bond donors (Lipinski definition) is 1. The van der Waals surface area contributed by atoms with Crippen LogP contribution in [0.25, 0.3) is 28.0 Å². The summed E-state index contributed by atoms with van der Waals surface area (Å²) in [5.41, 5.74) is 8.10. The van der Waals surface area contributed by atoms with Crippen LogP contribution in [0.5, 0.6) is 0 Å². The minimum atomic E-state index is -0.561. The fourth-order valence-corrected chi connectivity index (χ4v) is 2.56. The summed E-state index contributed by atoms with van der Waals surface area (Å²) in [6, 6.07) is 20.9. The van der Waals surface area contributed by atoms with Crippen LogP contribution in [0.2, 0.25) is 0 Å². The van der Waals surface area contributed by atoms with Gasteiger partial charge in [0.15, 0.2) is 0 Å². The molecule has 0 aliphatic heterocycles. The molecule has 0 fully saturated rings. The number of fused-ring (bicyclic) bond motifs is 1. The third-order valence-electron chi connectivity index (χ3n) is 3.65. The summed E-state index contributed by atoms with van der Waals surface area (Å²) < 4.78 is 7.02. The number of nitrogen functional groups attached to an aromatic ring is 1. The molecule has 0 saturated heterocycles. The van der Waals surface area contributed by atoms with Gasteiger partial charge in [0, 0.05) is 5.56 Å². The first kappa shape index (κ1) is 13.3. The van der Waals surface area contributed by atoms with Crippen molar-refractivity contribution < 1.29 is 4.42 Å². The van der Waals surface area contributed by atoms with Crippen molar-refractivity contribution in [3.63, 3.8) is 0 Å². The summed E-state index contributed by atoms with van der Waals surface area (Å²) >= 11 is 0. The Morgan fingerprint density at radius 3 is 2.30 bits per heavy atom. The molecular weight excluding hydrogens is 290 g/mol. The molecule has 2 N–H and O–H groups in total. The molecule has 0 atom stereocenters. The third kappa shape index (κ3) is 2.19. The van der Waals surface area contributed by atoms with Gasteiger partial charge in [-0.15, -0.1) is 0 Å². The van der Waals surface area contributed by atoms with Crippen molar-refractivity contribution in [1.29, 1.82) is 0 Å². The lowest BCUT2D eigenvalue weighted by atomic mass is 10.1. The number of aromatic nitrogens is 2. The molecule has 0 radical (unpaired) electrons. The third-order valence-corrected chi connectivity index (χ3v) is 3.65. The molecule has 112 valence electrons. The van der Waals surface area contributed by atoms with Crippen molar-refractivity contribution in [2.24, 2.45) is 0 Å². The maximum Gasteiger partial charge on any atom is 0.360 e. The zero-order valence-corrected chi connectivity index (χ0v) is 12.1. The number of para-hydroxylation sites is 1. The van der Waals surface area contributed by atoms with Gasteiger partial charge in [0.1, 0.15) is 11.4 Å². The Kier molecular flexibility index (Phi) is 2.98. The molecule has 4 rings (SSSR count). The molecule has 2 heterocycles. The van der Waals surface area contributed by atoms with Gasteiger partial charge >= 0.3 is 5.63 Å². The highest BCUT2D eigenvalue weighted by atomic mass is 16.4. The van der Waals surface area contributed by atoms with E-state index in [9.17, 15) is 4.79 Å². The van der Waals surface area contributed by atoms with E-state index < -0.39 is 5.63 Å². The van der Waals surface area contributed by atoms with Crippen LogP contribution in [0.15, 0.2) is 75.9 Å². The van der Waals surface area contributed by atoms with Crippen LogP contribution in [-0.4, -0.2) is 9.78 Å². The fourth-order valence-electron chi connectivity index (χ4n) is 2.56. The summed E-state index contributed by atoms with van der Waals surface area (Å²) in [5, 5.41) is 5.35. The average Bonchev–Trinajstić information content (AvgIpc) is 2.95. The second kappa shape index (κ2) is 5.14. The molecule has 2 aromatic heterocycles. The van der Waals surface area contributed by atoms with E-state index in [1.54, 1.807) is 10.7 Å². The first-order valence-corrected chi connectivity index (χ1v) is 7.17. The molecule has 0 amide bonds. The van der Waals surface area contributed by atoms with Crippen molar-refractivity contribution in [1.82, 2.24) is 9.78 Å². The second-order valence-corrected chi connectivity index (χ2v) is 5.17. The summed E-state index contributed by atoms with van der Waals surface area (Å²) in [6.45, 7) is 0. The number of hydrogen-bond acceptors (Lipinski definition) is 4. The largest absolute Gasteiger partial charge is 0.402 e. The lowest BCUT2D eigenvalue weighted by Crippen LogP contribution is -2.06. The smallest absolute Gasteiger partial charge is 0.360 e. The zero-order valence-electron chi connectivity index (χ0n) is 12.1. The standard InChI is InChI=1S/C18H13N3O2/c19-15-11-14-16(12-7-3-1-4-8-12)20-21(17(14)23-18(15)22)13-9-5-2-6-10-13/h1-11H,19H2. The van der Waals surface area contributed by atoms with E-state index in [2.05, 4.69) is 5.10 Å². The lowest BCUT2D eigenvalue weighted by molar-refractivity contribution is 0.538. The minimum absolute atomic E-state index is 0.0716. The Bertz CT molecular complexity index is 1030. The monoisotopic (exact) mass is 303 g/mol. The molecule has 0 aliphatic carbocycles. The minimum Gasteiger partial charge on any atom is -0.402 e. The van der Waals surface area contributed by atoms with Gasteiger partial charge in [-0.05, 0) is 18.2 Å². The van der Waals surface area contributed by atoms with Gasteiger partial charge in [-0.1, -0.05) is 48.5 Å². The predicted molar refractivity (Wildman–Crippen MR) is 89.5 cm³/mol. The highest BCUT2D eigenvalue weighted by molar-refractivity contribution is 5.92. The van der Waals surface area contributed by atoms with E-state index >= 15 is 0 Å². The first-order valence-electron chi connectivity index (χ1n) is 7.17. The van der Waals surface area contributed by atoms with Gasteiger partial charge in [-0.2, -0.15) is 9.78 Å².